The Labute approximate surface area is 133 Å². The number of urea groups is 1. The molecule has 0 bridgehead atoms. The summed E-state index contributed by atoms with van der Waals surface area (Å²) in [7, 11) is 0. The fraction of sp³-hybridized carbons (Fsp3) is 0.438. The number of aromatic nitrogens is 2. The van der Waals surface area contributed by atoms with Crippen molar-refractivity contribution in [1.29, 1.82) is 0 Å². The van der Waals surface area contributed by atoms with Gasteiger partial charge in [0, 0.05) is 37.3 Å². The summed E-state index contributed by atoms with van der Waals surface area (Å²) in [5.41, 5.74) is 1.58. The number of likely N-dealkylation sites (tertiary alicyclic amines) is 1. The van der Waals surface area contributed by atoms with Crippen LogP contribution in [0.4, 0.5) is 4.79 Å². The van der Waals surface area contributed by atoms with Crippen molar-refractivity contribution in [1.82, 2.24) is 20.4 Å². The first-order valence-electron chi connectivity index (χ1n) is 7.78. The highest BCUT2D eigenvalue weighted by Gasteiger charge is 2.26. The Bertz CT molecular complexity index is 702. The SMILES string of the molecule is CC(NC(=O)N1CCC(c2ccon2)CC1)c1cc[nH]c(=O)c1. The number of nitrogens with zero attached hydrogens (tertiary/aromatic N) is 2. The molecule has 1 fully saturated rings. The number of hydrogen-bond acceptors (Lipinski definition) is 4. The number of amides is 2. The van der Waals surface area contributed by atoms with Crippen LogP contribution in [0.25, 0.3) is 0 Å². The van der Waals surface area contributed by atoms with Gasteiger partial charge in [0.25, 0.3) is 0 Å². The monoisotopic (exact) mass is 316 g/mol. The summed E-state index contributed by atoms with van der Waals surface area (Å²) in [4.78, 5) is 28.1. The van der Waals surface area contributed by atoms with Crippen LogP contribution in [0.15, 0.2) is 40.0 Å². The number of piperidine rings is 1. The van der Waals surface area contributed by atoms with Gasteiger partial charge in [-0.05, 0) is 31.4 Å². The predicted molar refractivity (Wildman–Crippen MR) is 84.1 cm³/mol. The maximum atomic E-state index is 12.4. The molecule has 1 aliphatic rings. The first kappa shape index (κ1) is 15.3. The summed E-state index contributed by atoms with van der Waals surface area (Å²) < 4.78 is 4.88. The summed E-state index contributed by atoms with van der Waals surface area (Å²) in [5.74, 6) is 0.350. The molecular weight excluding hydrogens is 296 g/mol. The lowest BCUT2D eigenvalue weighted by molar-refractivity contribution is 0.177. The van der Waals surface area contributed by atoms with E-state index in [9.17, 15) is 9.59 Å². The Balaban J connectivity index is 1.54. The third kappa shape index (κ3) is 3.61. The van der Waals surface area contributed by atoms with E-state index in [-0.39, 0.29) is 17.6 Å². The van der Waals surface area contributed by atoms with Gasteiger partial charge in [-0.2, -0.15) is 0 Å². The summed E-state index contributed by atoms with van der Waals surface area (Å²) in [6.45, 7) is 3.24. The molecule has 1 aliphatic heterocycles. The lowest BCUT2D eigenvalue weighted by Gasteiger charge is -2.32. The van der Waals surface area contributed by atoms with E-state index in [0.717, 1.165) is 24.1 Å². The molecule has 2 aromatic heterocycles. The summed E-state index contributed by atoms with van der Waals surface area (Å²) in [5, 5.41) is 6.92. The van der Waals surface area contributed by atoms with E-state index in [1.54, 1.807) is 23.4 Å². The number of aromatic amines is 1. The lowest BCUT2D eigenvalue weighted by Crippen LogP contribution is -2.44. The molecule has 2 amide bonds. The number of rotatable bonds is 3. The molecule has 0 aliphatic carbocycles. The second-order valence-electron chi connectivity index (χ2n) is 5.84. The Morgan fingerprint density at radius 1 is 1.43 bits per heavy atom. The molecule has 0 saturated carbocycles. The van der Waals surface area contributed by atoms with E-state index in [0.29, 0.717) is 19.0 Å². The van der Waals surface area contributed by atoms with Crippen LogP contribution in [0.1, 0.15) is 43.0 Å². The second kappa shape index (κ2) is 6.68. The van der Waals surface area contributed by atoms with Crippen LogP contribution in [0.5, 0.6) is 0 Å². The topological polar surface area (TPSA) is 91.2 Å². The Hall–Kier alpha value is -2.57. The van der Waals surface area contributed by atoms with Crippen molar-refractivity contribution in [3.8, 4) is 0 Å². The van der Waals surface area contributed by atoms with Crippen molar-refractivity contribution in [2.24, 2.45) is 0 Å². The fourth-order valence-corrected chi connectivity index (χ4v) is 2.90. The number of H-pyrrole nitrogens is 1. The van der Waals surface area contributed by atoms with Gasteiger partial charge >= 0.3 is 6.03 Å². The maximum Gasteiger partial charge on any atom is 0.317 e. The Morgan fingerprint density at radius 2 is 2.22 bits per heavy atom. The zero-order valence-electron chi connectivity index (χ0n) is 13.0. The molecule has 7 nitrogen and oxygen atoms in total. The standard InChI is InChI=1S/C16H20N4O3/c1-11(13-2-6-17-15(21)10-13)18-16(22)20-7-3-12(4-8-20)14-5-9-23-19-14/h2,5-6,9-12H,3-4,7-8H2,1H3,(H,17,21)(H,18,22). The first-order chi connectivity index (χ1) is 11.1. The largest absolute Gasteiger partial charge is 0.365 e. The van der Waals surface area contributed by atoms with Gasteiger partial charge in [0.15, 0.2) is 0 Å². The van der Waals surface area contributed by atoms with Crippen LogP contribution in [-0.2, 0) is 0 Å². The van der Waals surface area contributed by atoms with Gasteiger partial charge in [-0.15, -0.1) is 0 Å². The van der Waals surface area contributed by atoms with Crippen molar-refractivity contribution in [3.05, 3.63) is 52.3 Å². The van der Waals surface area contributed by atoms with Crippen LogP contribution in [0, 0.1) is 0 Å². The molecule has 23 heavy (non-hydrogen) atoms. The lowest BCUT2D eigenvalue weighted by atomic mass is 9.94. The number of pyridine rings is 1. The minimum absolute atomic E-state index is 0.101. The van der Waals surface area contributed by atoms with E-state index in [4.69, 9.17) is 4.52 Å². The van der Waals surface area contributed by atoms with Gasteiger partial charge in [-0.3, -0.25) is 4.79 Å². The average Bonchev–Trinajstić information content (AvgIpc) is 3.09. The quantitative estimate of drug-likeness (QED) is 0.906. The van der Waals surface area contributed by atoms with Crippen LogP contribution in [0.3, 0.4) is 0 Å². The number of carbonyl (C=O) groups is 1. The highest BCUT2D eigenvalue weighted by Crippen LogP contribution is 2.26. The summed E-state index contributed by atoms with van der Waals surface area (Å²) in [6, 6.07) is 4.87. The van der Waals surface area contributed by atoms with Gasteiger partial charge in [-0.1, -0.05) is 5.16 Å². The highest BCUT2D eigenvalue weighted by molar-refractivity contribution is 5.74. The summed E-state index contributed by atoms with van der Waals surface area (Å²) in [6.07, 6.45) is 4.92. The van der Waals surface area contributed by atoms with E-state index < -0.39 is 0 Å². The molecular formula is C16H20N4O3. The van der Waals surface area contributed by atoms with Gasteiger partial charge in [-0.25, -0.2) is 4.79 Å². The number of carbonyl (C=O) groups excluding carboxylic acids is 1. The molecule has 0 aromatic carbocycles. The second-order valence-corrected chi connectivity index (χ2v) is 5.84. The van der Waals surface area contributed by atoms with Crippen molar-refractivity contribution in [2.75, 3.05) is 13.1 Å². The van der Waals surface area contributed by atoms with E-state index in [1.165, 1.54) is 6.07 Å². The molecule has 3 rings (SSSR count). The minimum atomic E-state index is -0.210. The van der Waals surface area contributed by atoms with Crippen LogP contribution < -0.4 is 10.9 Å². The molecule has 2 aromatic rings. The van der Waals surface area contributed by atoms with Gasteiger partial charge in [0.05, 0.1) is 11.7 Å². The van der Waals surface area contributed by atoms with Crippen molar-refractivity contribution >= 4 is 6.03 Å². The van der Waals surface area contributed by atoms with Gasteiger partial charge in [0.2, 0.25) is 5.56 Å². The maximum absolute atomic E-state index is 12.4. The van der Waals surface area contributed by atoms with Crippen molar-refractivity contribution in [3.63, 3.8) is 0 Å². The molecule has 1 saturated heterocycles. The van der Waals surface area contributed by atoms with E-state index in [1.807, 2.05) is 13.0 Å². The number of hydrogen-bond donors (Lipinski definition) is 2. The number of nitrogens with one attached hydrogen (secondary N) is 2. The van der Waals surface area contributed by atoms with Crippen LogP contribution in [0.2, 0.25) is 0 Å². The van der Waals surface area contributed by atoms with E-state index >= 15 is 0 Å². The Morgan fingerprint density at radius 3 is 2.87 bits per heavy atom. The third-order valence-corrected chi connectivity index (χ3v) is 4.30. The zero-order valence-corrected chi connectivity index (χ0v) is 13.0. The zero-order chi connectivity index (χ0) is 16.2. The molecule has 1 unspecified atom stereocenters. The molecule has 0 spiro atoms. The molecule has 3 heterocycles. The molecule has 0 radical (unpaired) electrons. The minimum Gasteiger partial charge on any atom is -0.365 e. The van der Waals surface area contributed by atoms with Crippen molar-refractivity contribution in [2.45, 2.75) is 31.7 Å². The van der Waals surface area contributed by atoms with Crippen LogP contribution in [-0.4, -0.2) is 34.2 Å². The molecule has 2 N–H and O–H groups in total. The fourth-order valence-electron chi connectivity index (χ4n) is 2.90. The average molecular weight is 316 g/mol. The smallest absolute Gasteiger partial charge is 0.317 e. The van der Waals surface area contributed by atoms with Gasteiger partial charge in [0.1, 0.15) is 6.26 Å². The molecule has 122 valence electrons. The first-order valence-corrected chi connectivity index (χ1v) is 7.78. The third-order valence-electron chi connectivity index (χ3n) is 4.30. The highest BCUT2D eigenvalue weighted by atomic mass is 16.5. The summed E-state index contributed by atoms with van der Waals surface area (Å²) >= 11 is 0. The van der Waals surface area contributed by atoms with Crippen molar-refractivity contribution < 1.29 is 9.32 Å². The normalized spacial score (nSPS) is 17.0. The van der Waals surface area contributed by atoms with Crippen LogP contribution >= 0.6 is 0 Å². The predicted octanol–water partition coefficient (Wildman–Crippen LogP) is 2.01. The molecule has 7 heteroatoms. The van der Waals surface area contributed by atoms with E-state index in [2.05, 4.69) is 15.5 Å². The molecule has 1 atom stereocenters. The Kier molecular flexibility index (Phi) is 4.45. The van der Waals surface area contributed by atoms with Gasteiger partial charge < -0.3 is 19.7 Å².